The summed E-state index contributed by atoms with van der Waals surface area (Å²) in [5, 5.41) is 5.71. The van der Waals surface area contributed by atoms with E-state index in [0.717, 1.165) is 11.1 Å². The van der Waals surface area contributed by atoms with Gasteiger partial charge in [0.15, 0.2) is 5.41 Å². The van der Waals surface area contributed by atoms with Gasteiger partial charge >= 0.3 is 5.97 Å². The van der Waals surface area contributed by atoms with Gasteiger partial charge in [-0.1, -0.05) is 74.5 Å². The first-order valence-corrected chi connectivity index (χ1v) is 10.6. The van der Waals surface area contributed by atoms with Gasteiger partial charge in [0.05, 0.1) is 12.6 Å². The van der Waals surface area contributed by atoms with Crippen molar-refractivity contribution in [3.05, 3.63) is 71.8 Å². The first-order chi connectivity index (χ1) is 14.7. The lowest BCUT2D eigenvalue weighted by molar-refractivity contribution is -0.162. The van der Waals surface area contributed by atoms with E-state index in [-0.39, 0.29) is 18.5 Å². The molecule has 31 heavy (non-hydrogen) atoms. The molecule has 162 valence electrons. The highest BCUT2D eigenvalue weighted by Gasteiger charge is 2.76. The highest BCUT2D eigenvalue weighted by Crippen LogP contribution is 2.65. The Morgan fingerprint density at radius 1 is 0.935 bits per heavy atom. The van der Waals surface area contributed by atoms with E-state index in [0.29, 0.717) is 12.8 Å². The third kappa shape index (κ3) is 3.21. The molecular weight excluding hydrogens is 392 g/mol. The van der Waals surface area contributed by atoms with E-state index >= 15 is 0 Å². The molecule has 1 aliphatic carbocycles. The molecular formula is C25H28N2O4. The molecule has 2 amide bonds. The second-order valence-corrected chi connectivity index (χ2v) is 9.16. The maximum atomic E-state index is 13.1. The predicted molar refractivity (Wildman–Crippen MR) is 116 cm³/mol. The number of hydrogen-bond acceptors (Lipinski definition) is 4. The van der Waals surface area contributed by atoms with Gasteiger partial charge in [0.2, 0.25) is 11.8 Å². The summed E-state index contributed by atoms with van der Waals surface area (Å²) in [6.45, 7) is 5.46. The third-order valence-electron chi connectivity index (χ3n) is 7.40. The minimum atomic E-state index is -1.25. The van der Waals surface area contributed by atoms with Crippen molar-refractivity contribution in [2.45, 2.75) is 45.3 Å². The molecule has 2 fully saturated rings. The van der Waals surface area contributed by atoms with Crippen LogP contribution in [0, 0.1) is 10.8 Å². The minimum Gasteiger partial charge on any atom is -0.458 e. The van der Waals surface area contributed by atoms with Crippen LogP contribution in [0.3, 0.4) is 0 Å². The van der Waals surface area contributed by atoms with Gasteiger partial charge in [-0.05, 0) is 30.9 Å². The summed E-state index contributed by atoms with van der Waals surface area (Å²) in [6, 6.07) is 19.0. The van der Waals surface area contributed by atoms with Crippen LogP contribution in [-0.2, 0) is 19.1 Å². The fraction of sp³-hybridized carbons (Fsp3) is 0.400. The van der Waals surface area contributed by atoms with Crippen molar-refractivity contribution in [3.8, 4) is 0 Å². The van der Waals surface area contributed by atoms with E-state index in [1.165, 1.54) is 0 Å². The first-order valence-electron chi connectivity index (χ1n) is 10.6. The average molecular weight is 421 g/mol. The molecule has 2 aliphatic rings. The van der Waals surface area contributed by atoms with Crippen molar-refractivity contribution in [1.29, 1.82) is 0 Å². The molecule has 1 heterocycles. The Morgan fingerprint density at radius 3 is 1.94 bits per heavy atom. The van der Waals surface area contributed by atoms with Crippen LogP contribution < -0.4 is 10.6 Å². The van der Waals surface area contributed by atoms with Crippen LogP contribution in [0.1, 0.15) is 50.8 Å². The molecule has 6 heteroatoms. The lowest BCUT2D eigenvalue weighted by Crippen LogP contribution is -2.52. The van der Waals surface area contributed by atoms with Crippen LogP contribution in [-0.4, -0.2) is 29.9 Å². The largest absolute Gasteiger partial charge is 0.458 e. The summed E-state index contributed by atoms with van der Waals surface area (Å²) in [4.78, 5) is 38.5. The van der Waals surface area contributed by atoms with Crippen molar-refractivity contribution < 1.29 is 19.1 Å². The van der Waals surface area contributed by atoms with Gasteiger partial charge in [0, 0.05) is 5.41 Å². The second-order valence-electron chi connectivity index (χ2n) is 9.16. The molecule has 2 aromatic carbocycles. The number of nitrogens with one attached hydrogen (secondary N) is 2. The van der Waals surface area contributed by atoms with Gasteiger partial charge in [-0.2, -0.15) is 0 Å². The lowest BCUT2D eigenvalue weighted by atomic mass is 9.65. The van der Waals surface area contributed by atoms with Crippen LogP contribution >= 0.6 is 0 Å². The topological polar surface area (TPSA) is 84.5 Å². The predicted octanol–water partition coefficient (Wildman–Crippen LogP) is 3.13. The van der Waals surface area contributed by atoms with Crippen LogP contribution in [0.25, 0.3) is 0 Å². The van der Waals surface area contributed by atoms with E-state index in [1.807, 2.05) is 81.4 Å². The van der Waals surface area contributed by atoms with Crippen LogP contribution in [0.4, 0.5) is 0 Å². The van der Waals surface area contributed by atoms with Gasteiger partial charge in [0.1, 0.15) is 5.60 Å². The van der Waals surface area contributed by atoms with Crippen molar-refractivity contribution in [3.63, 3.8) is 0 Å². The smallest absolute Gasteiger partial charge is 0.322 e. The number of rotatable bonds is 6. The van der Waals surface area contributed by atoms with Gasteiger partial charge < -0.3 is 15.4 Å². The minimum absolute atomic E-state index is 0.211. The molecule has 4 rings (SSSR count). The van der Waals surface area contributed by atoms with Gasteiger partial charge in [-0.3, -0.25) is 14.4 Å². The molecule has 2 bridgehead atoms. The van der Waals surface area contributed by atoms with Gasteiger partial charge in [0.25, 0.3) is 0 Å². The number of ether oxygens (including phenoxy) is 1. The van der Waals surface area contributed by atoms with Gasteiger partial charge in [-0.25, -0.2) is 0 Å². The second kappa shape index (κ2) is 7.52. The quantitative estimate of drug-likeness (QED) is 0.556. The zero-order valence-corrected chi connectivity index (χ0v) is 18.1. The fourth-order valence-electron chi connectivity index (χ4n) is 4.99. The zero-order chi connectivity index (χ0) is 22.3. The molecule has 2 atom stereocenters. The van der Waals surface area contributed by atoms with Gasteiger partial charge in [-0.15, -0.1) is 0 Å². The lowest BCUT2D eigenvalue weighted by Gasteiger charge is -2.34. The number of esters is 1. The average Bonchev–Trinajstić information content (AvgIpc) is 3.06. The van der Waals surface area contributed by atoms with Crippen molar-refractivity contribution in [2.24, 2.45) is 10.8 Å². The third-order valence-corrected chi connectivity index (χ3v) is 7.40. The maximum absolute atomic E-state index is 13.1. The summed E-state index contributed by atoms with van der Waals surface area (Å²) in [7, 11) is 0. The molecule has 6 nitrogen and oxygen atoms in total. The molecule has 1 aliphatic heterocycles. The molecule has 1 saturated heterocycles. The summed E-state index contributed by atoms with van der Waals surface area (Å²) >= 11 is 0. The Kier molecular flexibility index (Phi) is 5.12. The van der Waals surface area contributed by atoms with Crippen LogP contribution in [0.2, 0.25) is 0 Å². The Morgan fingerprint density at radius 2 is 1.48 bits per heavy atom. The Labute approximate surface area is 182 Å². The van der Waals surface area contributed by atoms with E-state index in [4.69, 9.17) is 4.74 Å². The number of fused-ring (bicyclic) bond motifs is 2. The molecule has 0 spiro atoms. The maximum Gasteiger partial charge on any atom is 0.322 e. The fourth-order valence-corrected chi connectivity index (χ4v) is 4.99. The molecule has 0 unspecified atom stereocenters. The number of carbonyl (C=O) groups is 3. The Balaban J connectivity index is 1.47. The highest BCUT2D eigenvalue weighted by molar-refractivity contribution is 6.07. The van der Waals surface area contributed by atoms with E-state index in [2.05, 4.69) is 10.6 Å². The number of benzene rings is 2. The van der Waals surface area contributed by atoms with Crippen molar-refractivity contribution in [1.82, 2.24) is 10.6 Å². The monoisotopic (exact) mass is 420 g/mol. The zero-order valence-electron chi connectivity index (χ0n) is 18.1. The summed E-state index contributed by atoms with van der Waals surface area (Å²) in [6.07, 6.45) is 1.06. The number of hydrogen-bond donors (Lipinski definition) is 2. The first kappa shape index (κ1) is 21.1. The molecule has 0 aromatic heterocycles. The molecule has 2 N–H and O–H groups in total. The normalized spacial score (nSPS) is 25.9. The van der Waals surface area contributed by atoms with Crippen LogP contribution in [0.5, 0.6) is 0 Å². The molecule has 1 saturated carbocycles. The standard InChI is InChI=1S/C25H28N2O4/c1-23(2)24(3)14-15-25(23,22(30)31-24)21(29)26-16-19(28)27-20(17-10-6-4-7-11-17)18-12-8-5-9-13-18/h4-13,20H,14-16H2,1-3H3,(H,26,29)(H,27,28)/t24-,25+/m1/s1. The van der Waals surface area contributed by atoms with Crippen LogP contribution in [0.15, 0.2) is 60.7 Å². The van der Waals surface area contributed by atoms with Crippen molar-refractivity contribution >= 4 is 17.8 Å². The van der Waals surface area contributed by atoms with E-state index in [9.17, 15) is 14.4 Å². The number of amides is 2. The summed E-state index contributed by atoms with van der Waals surface area (Å²) in [5.41, 5.74) is -0.665. The van der Waals surface area contributed by atoms with E-state index < -0.39 is 28.3 Å². The Bertz CT molecular complexity index is 965. The van der Waals surface area contributed by atoms with Crippen molar-refractivity contribution in [2.75, 3.05) is 6.54 Å². The highest BCUT2D eigenvalue weighted by atomic mass is 16.6. The molecule has 2 aromatic rings. The SMILES string of the molecule is CC1(C)[C@]2(C(=O)NCC(=O)NC(c3ccccc3)c3ccccc3)CC[C@@]1(C)OC2=O. The summed E-state index contributed by atoms with van der Waals surface area (Å²) < 4.78 is 5.57. The Hall–Kier alpha value is -3.15. The number of carbonyl (C=O) groups excluding carboxylic acids is 3. The molecule has 0 radical (unpaired) electrons. The van der Waals surface area contributed by atoms with E-state index in [1.54, 1.807) is 0 Å². The summed E-state index contributed by atoms with van der Waals surface area (Å²) in [5.74, 6) is -1.25.